The molecule has 1 aliphatic carbocycles. The largest absolute Gasteiger partial charge is 0.352 e. The van der Waals surface area contributed by atoms with Crippen LogP contribution in [0.1, 0.15) is 33.6 Å². The van der Waals surface area contributed by atoms with Crippen LogP contribution < -0.4 is 10.6 Å². The smallest absolute Gasteiger partial charge is 0.239 e. The van der Waals surface area contributed by atoms with Crippen LogP contribution in [0.4, 0.5) is 0 Å². The van der Waals surface area contributed by atoms with Crippen molar-refractivity contribution in [1.29, 1.82) is 0 Å². The van der Waals surface area contributed by atoms with Gasteiger partial charge in [-0.1, -0.05) is 0 Å². The first-order chi connectivity index (χ1) is 8.52. The first-order valence-electron chi connectivity index (χ1n) is 6.80. The standard InChI is InChI=1S/C13H25N3O2/c1-4-16(9-12(17)15-10(2)3)13(18)8-14-7-11-5-6-11/h10-11,14H,4-9H2,1-3H3,(H,15,17). The average molecular weight is 255 g/mol. The van der Waals surface area contributed by atoms with Gasteiger partial charge >= 0.3 is 0 Å². The van der Waals surface area contributed by atoms with Gasteiger partial charge in [0.1, 0.15) is 0 Å². The predicted molar refractivity (Wildman–Crippen MR) is 71.1 cm³/mol. The highest BCUT2D eigenvalue weighted by Gasteiger charge is 2.21. The van der Waals surface area contributed by atoms with Crippen LogP contribution in [0, 0.1) is 5.92 Å². The van der Waals surface area contributed by atoms with Gasteiger partial charge in [-0.15, -0.1) is 0 Å². The maximum Gasteiger partial charge on any atom is 0.239 e. The van der Waals surface area contributed by atoms with Gasteiger partial charge in [-0.2, -0.15) is 0 Å². The number of amides is 2. The molecule has 18 heavy (non-hydrogen) atoms. The number of hydrogen-bond acceptors (Lipinski definition) is 3. The lowest BCUT2D eigenvalue weighted by molar-refractivity contribution is -0.135. The zero-order chi connectivity index (χ0) is 13.5. The highest BCUT2D eigenvalue weighted by atomic mass is 16.2. The van der Waals surface area contributed by atoms with Gasteiger partial charge in [0.2, 0.25) is 11.8 Å². The fourth-order valence-corrected chi connectivity index (χ4v) is 1.73. The van der Waals surface area contributed by atoms with Crippen LogP contribution in [0.15, 0.2) is 0 Å². The van der Waals surface area contributed by atoms with E-state index >= 15 is 0 Å². The fourth-order valence-electron chi connectivity index (χ4n) is 1.73. The average Bonchev–Trinajstić information content (AvgIpc) is 3.08. The molecule has 0 aromatic carbocycles. The first-order valence-corrected chi connectivity index (χ1v) is 6.80. The number of carbonyl (C=O) groups excluding carboxylic acids is 2. The van der Waals surface area contributed by atoms with Gasteiger partial charge in [0.05, 0.1) is 13.1 Å². The van der Waals surface area contributed by atoms with E-state index in [2.05, 4.69) is 10.6 Å². The molecule has 0 saturated heterocycles. The van der Waals surface area contributed by atoms with Crippen molar-refractivity contribution in [2.24, 2.45) is 5.92 Å². The van der Waals surface area contributed by atoms with Crippen molar-refractivity contribution in [3.05, 3.63) is 0 Å². The zero-order valence-corrected chi connectivity index (χ0v) is 11.7. The third-order valence-electron chi connectivity index (χ3n) is 2.92. The summed E-state index contributed by atoms with van der Waals surface area (Å²) in [6.07, 6.45) is 2.55. The molecule has 2 N–H and O–H groups in total. The minimum Gasteiger partial charge on any atom is -0.352 e. The third kappa shape index (κ3) is 6.00. The lowest BCUT2D eigenvalue weighted by Crippen LogP contribution is -2.45. The molecule has 0 aromatic rings. The van der Waals surface area contributed by atoms with Crippen LogP contribution in [0.3, 0.4) is 0 Å². The van der Waals surface area contributed by atoms with Gasteiger partial charge in [0, 0.05) is 12.6 Å². The molecule has 1 rings (SSSR count). The Bertz CT molecular complexity index is 288. The Labute approximate surface area is 109 Å². The van der Waals surface area contributed by atoms with E-state index in [0.29, 0.717) is 13.1 Å². The molecule has 1 fully saturated rings. The van der Waals surface area contributed by atoms with Crippen molar-refractivity contribution in [3.63, 3.8) is 0 Å². The predicted octanol–water partition coefficient (Wildman–Crippen LogP) is 0.359. The SMILES string of the molecule is CCN(CC(=O)NC(C)C)C(=O)CNCC1CC1. The van der Waals surface area contributed by atoms with Crippen molar-refractivity contribution in [3.8, 4) is 0 Å². The van der Waals surface area contributed by atoms with E-state index in [4.69, 9.17) is 0 Å². The molecular weight excluding hydrogens is 230 g/mol. The maximum absolute atomic E-state index is 11.9. The van der Waals surface area contributed by atoms with E-state index in [1.54, 1.807) is 4.90 Å². The molecule has 2 amide bonds. The molecule has 1 saturated carbocycles. The van der Waals surface area contributed by atoms with E-state index in [-0.39, 0.29) is 24.4 Å². The fraction of sp³-hybridized carbons (Fsp3) is 0.846. The van der Waals surface area contributed by atoms with Gasteiger partial charge < -0.3 is 15.5 Å². The number of hydrogen-bond donors (Lipinski definition) is 2. The second-order valence-electron chi connectivity index (χ2n) is 5.20. The molecule has 0 spiro atoms. The summed E-state index contributed by atoms with van der Waals surface area (Å²) in [5.74, 6) is 0.663. The van der Waals surface area contributed by atoms with Crippen LogP contribution in [-0.4, -0.2) is 48.9 Å². The molecule has 1 aliphatic rings. The summed E-state index contributed by atoms with van der Waals surface area (Å²) in [4.78, 5) is 25.1. The molecule has 104 valence electrons. The van der Waals surface area contributed by atoms with Gasteiger partial charge in [0.15, 0.2) is 0 Å². The summed E-state index contributed by atoms with van der Waals surface area (Å²) >= 11 is 0. The summed E-state index contributed by atoms with van der Waals surface area (Å²) in [6, 6.07) is 0.110. The summed E-state index contributed by atoms with van der Waals surface area (Å²) in [7, 11) is 0. The Morgan fingerprint density at radius 1 is 1.33 bits per heavy atom. The molecule has 5 nitrogen and oxygen atoms in total. The monoisotopic (exact) mass is 255 g/mol. The lowest BCUT2D eigenvalue weighted by atomic mass is 10.3. The van der Waals surface area contributed by atoms with Crippen molar-refractivity contribution >= 4 is 11.8 Å². The van der Waals surface area contributed by atoms with Crippen LogP contribution in [0.25, 0.3) is 0 Å². The second-order valence-corrected chi connectivity index (χ2v) is 5.20. The van der Waals surface area contributed by atoms with E-state index in [9.17, 15) is 9.59 Å². The molecule has 5 heteroatoms. The Balaban J connectivity index is 2.24. The maximum atomic E-state index is 11.9. The van der Waals surface area contributed by atoms with Crippen LogP contribution >= 0.6 is 0 Å². The number of nitrogens with one attached hydrogen (secondary N) is 2. The van der Waals surface area contributed by atoms with Gasteiger partial charge in [-0.25, -0.2) is 0 Å². The number of nitrogens with zero attached hydrogens (tertiary/aromatic N) is 1. The highest BCUT2D eigenvalue weighted by Crippen LogP contribution is 2.27. The quantitative estimate of drug-likeness (QED) is 0.658. The lowest BCUT2D eigenvalue weighted by Gasteiger charge is -2.21. The molecule has 0 aliphatic heterocycles. The summed E-state index contributed by atoms with van der Waals surface area (Å²) in [5, 5.41) is 5.95. The minimum atomic E-state index is -0.0950. The minimum absolute atomic E-state index is 0.00273. The van der Waals surface area contributed by atoms with E-state index in [0.717, 1.165) is 12.5 Å². The molecule has 0 bridgehead atoms. The van der Waals surface area contributed by atoms with Crippen molar-refractivity contribution < 1.29 is 9.59 Å². The summed E-state index contributed by atoms with van der Waals surface area (Å²) in [6.45, 7) is 7.68. The molecule has 0 unspecified atom stereocenters. The van der Waals surface area contributed by atoms with E-state index in [1.165, 1.54) is 12.8 Å². The van der Waals surface area contributed by atoms with Crippen LogP contribution in [-0.2, 0) is 9.59 Å². The molecule has 0 radical (unpaired) electrons. The van der Waals surface area contributed by atoms with Crippen molar-refractivity contribution in [2.75, 3.05) is 26.2 Å². The summed E-state index contributed by atoms with van der Waals surface area (Å²) < 4.78 is 0. The van der Waals surface area contributed by atoms with Gasteiger partial charge in [0.25, 0.3) is 0 Å². The molecular formula is C13H25N3O2. The molecule has 0 aromatic heterocycles. The topological polar surface area (TPSA) is 61.4 Å². The molecule has 0 atom stereocenters. The normalized spacial score (nSPS) is 14.7. The first kappa shape index (κ1) is 15.0. The van der Waals surface area contributed by atoms with Gasteiger partial charge in [-0.05, 0) is 46.1 Å². The van der Waals surface area contributed by atoms with Crippen molar-refractivity contribution in [2.45, 2.75) is 39.7 Å². The zero-order valence-electron chi connectivity index (χ0n) is 11.7. The highest BCUT2D eigenvalue weighted by molar-refractivity contribution is 5.85. The van der Waals surface area contributed by atoms with E-state index in [1.807, 2.05) is 20.8 Å². The molecule has 0 heterocycles. The van der Waals surface area contributed by atoms with Crippen LogP contribution in [0.5, 0.6) is 0 Å². The Kier molecular flexibility index (Phi) is 6.12. The van der Waals surface area contributed by atoms with Crippen molar-refractivity contribution in [1.82, 2.24) is 15.5 Å². The third-order valence-corrected chi connectivity index (χ3v) is 2.92. The number of rotatable bonds is 8. The number of likely N-dealkylation sites (N-methyl/N-ethyl adjacent to an activating group) is 1. The van der Waals surface area contributed by atoms with Gasteiger partial charge in [-0.3, -0.25) is 9.59 Å². The Morgan fingerprint density at radius 2 is 2.00 bits per heavy atom. The van der Waals surface area contributed by atoms with E-state index < -0.39 is 0 Å². The Morgan fingerprint density at radius 3 is 2.50 bits per heavy atom. The number of carbonyl (C=O) groups is 2. The summed E-state index contributed by atoms with van der Waals surface area (Å²) in [5.41, 5.74) is 0. The second kappa shape index (κ2) is 7.36. The van der Waals surface area contributed by atoms with Crippen LogP contribution in [0.2, 0.25) is 0 Å². The Hall–Kier alpha value is -1.10.